The van der Waals surface area contributed by atoms with Gasteiger partial charge < -0.3 is 4.57 Å². The van der Waals surface area contributed by atoms with Gasteiger partial charge in [0.05, 0.1) is 22.2 Å². The molecule has 0 amide bonds. The third kappa shape index (κ3) is 1.39. The fourth-order valence-electron chi connectivity index (χ4n) is 3.03. The highest BCUT2D eigenvalue weighted by atomic mass is 32.2. The van der Waals surface area contributed by atoms with Gasteiger partial charge in [-0.25, -0.2) is 0 Å². The van der Waals surface area contributed by atoms with Crippen LogP contribution in [0.25, 0.3) is 22.2 Å². The Morgan fingerprint density at radius 1 is 1.05 bits per heavy atom. The minimum Gasteiger partial charge on any atom is -0.343 e. The second-order valence-electron chi connectivity index (χ2n) is 4.89. The average molecular weight is 267 g/mol. The van der Waals surface area contributed by atoms with Crippen molar-refractivity contribution in [3.63, 3.8) is 0 Å². The lowest BCUT2D eigenvalue weighted by Crippen LogP contribution is -2.07. The number of fused-ring (bicyclic) bond motifs is 5. The van der Waals surface area contributed by atoms with Crippen LogP contribution in [-0.2, 0) is 23.6 Å². The molecule has 19 heavy (non-hydrogen) atoms. The van der Waals surface area contributed by atoms with Gasteiger partial charge in [0.2, 0.25) is 0 Å². The van der Waals surface area contributed by atoms with Crippen molar-refractivity contribution in [3.8, 4) is 11.3 Å². The monoisotopic (exact) mass is 267 g/mol. The van der Waals surface area contributed by atoms with Crippen LogP contribution in [0.1, 0.15) is 5.56 Å². The highest BCUT2D eigenvalue weighted by Crippen LogP contribution is 2.40. The smallest absolute Gasteiger partial charge is 0.0582 e. The van der Waals surface area contributed by atoms with Gasteiger partial charge in [0.15, 0.2) is 0 Å². The standard InChI is InChI=1S/C16H13NOS/c1-17-14-8-4-2-6-11(14)13-10-19(18)15-9-5-3-7-12(15)16(13)17/h2-9H,10H2,1H3. The number of hydrogen-bond acceptors (Lipinski definition) is 1. The fourth-order valence-corrected chi connectivity index (χ4v) is 4.38. The molecule has 1 unspecified atom stereocenters. The van der Waals surface area contributed by atoms with E-state index < -0.39 is 10.8 Å². The summed E-state index contributed by atoms with van der Waals surface area (Å²) in [4.78, 5) is 0.959. The molecule has 1 atom stereocenters. The number of hydrogen-bond donors (Lipinski definition) is 0. The van der Waals surface area contributed by atoms with Crippen LogP contribution in [-0.4, -0.2) is 8.78 Å². The van der Waals surface area contributed by atoms with Gasteiger partial charge in [0.25, 0.3) is 0 Å². The Morgan fingerprint density at radius 3 is 2.68 bits per heavy atom. The van der Waals surface area contributed by atoms with Gasteiger partial charge in [-0.05, 0) is 17.7 Å². The summed E-state index contributed by atoms with van der Waals surface area (Å²) in [6.07, 6.45) is 0. The maximum atomic E-state index is 12.4. The summed E-state index contributed by atoms with van der Waals surface area (Å²) < 4.78 is 14.6. The van der Waals surface area contributed by atoms with E-state index in [2.05, 4.69) is 35.9 Å². The molecule has 1 aliphatic heterocycles. The minimum atomic E-state index is -0.933. The van der Waals surface area contributed by atoms with Crippen molar-refractivity contribution in [1.82, 2.24) is 4.57 Å². The molecule has 0 spiro atoms. The van der Waals surface area contributed by atoms with Crippen LogP contribution in [0, 0.1) is 0 Å². The van der Waals surface area contributed by atoms with Crippen LogP contribution in [0.4, 0.5) is 0 Å². The van der Waals surface area contributed by atoms with Crippen molar-refractivity contribution in [2.24, 2.45) is 7.05 Å². The molecular weight excluding hydrogens is 254 g/mol. The van der Waals surface area contributed by atoms with Gasteiger partial charge in [-0.1, -0.05) is 36.4 Å². The molecule has 1 aliphatic rings. The van der Waals surface area contributed by atoms with E-state index in [1.165, 1.54) is 22.2 Å². The average Bonchev–Trinajstić information content (AvgIpc) is 2.73. The molecule has 3 aromatic rings. The van der Waals surface area contributed by atoms with Crippen LogP contribution >= 0.6 is 0 Å². The van der Waals surface area contributed by atoms with Crippen molar-refractivity contribution in [3.05, 3.63) is 54.1 Å². The van der Waals surface area contributed by atoms with Gasteiger partial charge in [-0.3, -0.25) is 4.21 Å². The van der Waals surface area contributed by atoms with Crippen LogP contribution in [0.5, 0.6) is 0 Å². The summed E-state index contributed by atoms with van der Waals surface area (Å²) in [7, 11) is 1.16. The molecule has 0 bridgehead atoms. The Balaban J connectivity index is 2.19. The maximum absolute atomic E-state index is 12.4. The van der Waals surface area contributed by atoms with E-state index in [0.717, 1.165) is 10.5 Å². The van der Waals surface area contributed by atoms with E-state index in [9.17, 15) is 4.21 Å². The number of rotatable bonds is 0. The molecule has 0 saturated heterocycles. The summed E-state index contributed by atoms with van der Waals surface area (Å²) in [5.41, 5.74) is 4.76. The Hall–Kier alpha value is -1.87. The van der Waals surface area contributed by atoms with Gasteiger partial charge >= 0.3 is 0 Å². The Labute approximate surface area is 114 Å². The van der Waals surface area contributed by atoms with E-state index in [0.29, 0.717) is 5.75 Å². The van der Waals surface area contributed by atoms with Gasteiger partial charge in [-0.2, -0.15) is 0 Å². The molecule has 0 N–H and O–H groups in total. The van der Waals surface area contributed by atoms with E-state index in [4.69, 9.17) is 0 Å². The van der Waals surface area contributed by atoms with E-state index in [1.54, 1.807) is 0 Å². The second-order valence-corrected chi connectivity index (χ2v) is 6.31. The van der Waals surface area contributed by atoms with E-state index in [-0.39, 0.29) is 0 Å². The van der Waals surface area contributed by atoms with Gasteiger partial charge in [-0.15, -0.1) is 0 Å². The topological polar surface area (TPSA) is 22.0 Å². The first kappa shape index (κ1) is 11.0. The maximum Gasteiger partial charge on any atom is 0.0582 e. The summed E-state index contributed by atoms with van der Waals surface area (Å²) in [6, 6.07) is 16.4. The number of benzene rings is 2. The van der Waals surface area contributed by atoms with Crippen molar-refractivity contribution in [2.45, 2.75) is 10.6 Å². The zero-order valence-corrected chi connectivity index (χ0v) is 11.4. The number of para-hydroxylation sites is 1. The number of aryl methyl sites for hydroxylation is 1. The summed E-state index contributed by atoms with van der Waals surface area (Å²) in [6.45, 7) is 0. The molecule has 2 heterocycles. The highest BCUT2D eigenvalue weighted by molar-refractivity contribution is 7.84. The van der Waals surface area contributed by atoms with Crippen LogP contribution in [0.2, 0.25) is 0 Å². The SMILES string of the molecule is Cn1c2c(c3ccccc31)CS(=O)c1ccccc1-2. The van der Waals surface area contributed by atoms with E-state index >= 15 is 0 Å². The van der Waals surface area contributed by atoms with Crippen LogP contribution < -0.4 is 0 Å². The molecule has 2 aromatic carbocycles. The van der Waals surface area contributed by atoms with Crippen molar-refractivity contribution >= 4 is 21.7 Å². The molecule has 3 heteroatoms. The van der Waals surface area contributed by atoms with Gasteiger partial charge in [0.1, 0.15) is 0 Å². The first-order valence-corrected chi connectivity index (χ1v) is 7.63. The largest absolute Gasteiger partial charge is 0.343 e. The second kappa shape index (κ2) is 3.81. The molecular formula is C16H13NOS. The van der Waals surface area contributed by atoms with E-state index in [1.807, 2.05) is 24.3 Å². The fraction of sp³-hybridized carbons (Fsp3) is 0.125. The number of nitrogens with zero attached hydrogens (tertiary/aromatic N) is 1. The van der Waals surface area contributed by atoms with Crippen molar-refractivity contribution in [1.29, 1.82) is 0 Å². The molecule has 0 fully saturated rings. The molecule has 1 aromatic heterocycles. The normalized spacial score (nSPS) is 17.2. The summed E-state index contributed by atoms with van der Waals surface area (Å²) in [5.74, 6) is 0.619. The Morgan fingerprint density at radius 2 is 1.79 bits per heavy atom. The lowest BCUT2D eigenvalue weighted by molar-refractivity contribution is 0.682. The third-order valence-electron chi connectivity index (χ3n) is 3.87. The first-order valence-electron chi connectivity index (χ1n) is 6.31. The molecule has 94 valence electrons. The summed E-state index contributed by atoms with van der Waals surface area (Å²) >= 11 is 0. The van der Waals surface area contributed by atoms with Crippen molar-refractivity contribution < 1.29 is 4.21 Å². The Bertz CT molecular complexity index is 832. The zero-order valence-electron chi connectivity index (χ0n) is 10.6. The highest BCUT2D eigenvalue weighted by Gasteiger charge is 2.26. The Kier molecular flexibility index (Phi) is 2.21. The lowest BCUT2D eigenvalue weighted by Gasteiger charge is -2.17. The van der Waals surface area contributed by atoms with Crippen molar-refractivity contribution in [2.75, 3.05) is 0 Å². The van der Waals surface area contributed by atoms with Crippen LogP contribution in [0.3, 0.4) is 0 Å². The van der Waals surface area contributed by atoms with Crippen LogP contribution in [0.15, 0.2) is 53.4 Å². The lowest BCUT2D eigenvalue weighted by atomic mass is 10.1. The molecule has 0 radical (unpaired) electrons. The molecule has 4 rings (SSSR count). The van der Waals surface area contributed by atoms with Gasteiger partial charge in [0, 0.05) is 28.4 Å². The number of aromatic nitrogens is 1. The predicted octanol–water partition coefficient (Wildman–Crippen LogP) is 3.47. The first-order chi connectivity index (χ1) is 9.27. The zero-order chi connectivity index (χ0) is 13.0. The third-order valence-corrected chi connectivity index (χ3v) is 5.27. The molecule has 0 saturated carbocycles. The molecule has 0 aliphatic carbocycles. The molecule has 2 nitrogen and oxygen atoms in total. The predicted molar refractivity (Wildman–Crippen MR) is 78.5 cm³/mol. The quantitative estimate of drug-likeness (QED) is 0.611. The minimum absolute atomic E-state index is 0.619. The summed E-state index contributed by atoms with van der Waals surface area (Å²) in [5, 5.41) is 1.22.